The first-order valence-corrected chi connectivity index (χ1v) is 6.18. The van der Waals surface area contributed by atoms with E-state index in [4.69, 9.17) is 10.5 Å². The lowest BCUT2D eigenvalue weighted by atomic mass is 10.1. The predicted octanol–water partition coefficient (Wildman–Crippen LogP) is 2.80. The lowest BCUT2D eigenvalue weighted by Gasteiger charge is -2.27. The quantitative estimate of drug-likeness (QED) is 0.790. The summed E-state index contributed by atoms with van der Waals surface area (Å²) in [5.41, 5.74) is 6.68. The van der Waals surface area contributed by atoms with Gasteiger partial charge in [0, 0.05) is 11.4 Å². The Hall–Kier alpha value is -1.55. The van der Waals surface area contributed by atoms with Crippen molar-refractivity contribution in [2.24, 2.45) is 0 Å². The molecule has 0 spiro atoms. The summed E-state index contributed by atoms with van der Waals surface area (Å²) in [5, 5.41) is 2.80. The molecule has 4 nitrogen and oxygen atoms in total. The second kappa shape index (κ2) is 5.87. The average molecular weight is 250 g/mol. The second-order valence-electron chi connectivity index (χ2n) is 4.98. The molecule has 0 aliphatic carbocycles. The minimum absolute atomic E-state index is 0.152. The first-order chi connectivity index (χ1) is 8.34. The summed E-state index contributed by atoms with van der Waals surface area (Å²) in [4.78, 5) is 11.9. The largest absolute Gasteiger partial charge is 0.399 e. The van der Waals surface area contributed by atoms with Gasteiger partial charge in [-0.25, -0.2) is 0 Å². The number of amides is 1. The van der Waals surface area contributed by atoms with Gasteiger partial charge in [0.25, 0.3) is 5.91 Å². The maximum Gasteiger partial charge on any atom is 0.253 e. The van der Waals surface area contributed by atoms with Crippen LogP contribution in [0.5, 0.6) is 0 Å². The van der Waals surface area contributed by atoms with Crippen molar-refractivity contribution >= 4 is 17.3 Å². The Morgan fingerprint density at radius 3 is 2.44 bits per heavy atom. The highest BCUT2D eigenvalue weighted by Gasteiger charge is 2.23. The number of benzene rings is 1. The molecule has 0 aliphatic heterocycles. The highest BCUT2D eigenvalue weighted by atomic mass is 16.5. The number of carbonyl (C=O) groups excluding carboxylic acids is 1. The standard InChI is InChI=1S/C14H22N2O2/c1-5-14(3,4)18-10(2)13(17)16-12-8-6-11(15)7-9-12/h6-10H,5,15H2,1-4H3,(H,16,17). The van der Waals surface area contributed by atoms with Gasteiger partial charge in [-0.05, 0) is 51.5 Å². The first-order valence-electron chi connectivity index (χ1n) is 6.18. The summed E-state index contributed by atoms with van der Waals surface area (Å²) in [6, 6.07) is 7.03. The molecule has 1 unspecified atom stereocenters. The van der Waals surface area contributed by atoms with Crippen LogP contribution in [0.2, 0.25) is 0 Å². The summed E-state index contributed by atoms with van der Waals surface area (Å²) >= 11 is 0. The van der Waals surface area contributed by atoms with Crippen LogP contribution < -0.4 is 11.1 Å². The number of ether oxygens (including phenoxy) is 1. The van der Waals surface area contributed by atoms with Gasteiger partial charge in [-0.1, -0.05) is 6.92 Å². The first kappa shape index (κ1) is 14.5. The molecule has 0 radical (unpaired) electrons. The zero-order valence-electron chi connectivity index (χ0n) is 11.5. The van der Waals surface area contributed by atoms with E-state index in [2.05, 4.69) is 5.32 Å². The lowest BCUT2D eigenvalue weighted by molar-refractivity contribution is -0.137. The highest BCUT2D eigenvalue weighted by Crippen LogP contribution is 2.17. The van der Waals surface area contributed by atoms with Crippen LogP contribution in [0.4, 0.5) is 11.4 Å². The number of hydrogen-bond acceptors (Lipinski definition) is 3. The van der Waals surface area contributed by atoms with E-state index in [1.165, 1.54) is 0 Å². The van der Waals surface area contributed by atoms with Gasteiger partial charge in [-0.15, -0.1) is 0 Å². The summed E-state index contributed by atoms with van der Waals surface area (Å²) in [7, 11) is 0. The van der Waals surface area contributed by atoms with Gasteiger partial charge in [-0.2, -0.15) is 0 Å². The molecule has 3 N–H and O–H groups in total. The van der Waals surface area contributed by atoms with E-state index < -0.39 is 6.10 Å². The SMILES string of the molecule is CCC(C)(C)OC(C)C(=O)Nc1ccc(N)cc1. The molecule has 0 heterocycles. The van der Waals surface area contributed by atoms with E-state index in [1.807, 2.05) is 20.8 Å². The number of nitrogens with two attached hydrogens (primary N) is 1. The Bertz CT molecular complexity index is 399. The van der Waals surface area contributed by atoms with E-state index in [0.29, 0.717) is 5.69 Å². The molecular weight excluding hydrogens is 228 g/mol. The van der Waals surface area contributed by atoms with Crippen molar-refractivity contribution in [2.45, 2.75) is 45.8 Å². The number of rotatable bonds is 5. The minimum Gasteiger partial charge on any atom is -0.399 e. The lowest BCUT2D eigenvalue weighted by Crippen LogP contribution is -2.36. The van der Waals surface area contributed by atoms with Gasteiger partial charge in [-0.3, -0.25) is 4.79 Å². The van der Waals surface area contributed by atoms with Crippen LogP contribution in [0.3, 0.4) is 0 Å². The van der Waals surface area contributed by atoms with E-state index in [9.17, 15) is 4.79 Å². The van der Waals surface area contributed by atoms with Crippen molar-refractivity contribution in [1.29, 1.82) is 0 Å². The molecule has 4 heteroatoms. The number of nitrogens with one attached hydrogen (secondary N) is 1. The molecule has 0 saturated carbocycles. The van der Waals surface area contributed by atoms with Gasteiger partial charge in [0.1, 0.15) is 6.10 Å². The summed E-state index contributed by atoms with van der Waals surface area (Å²) in [6.45, 7) is 7.73. The normalized spacial score (nSPS) is 13.1. The molecule has 100 valence electrons. The molecule has 0 bridgehead atoms. The zero-order valence-corrected chi connectivity index (χ0v) is 11.5. The predicted molar refractivity (Wildman–Crippen MR) is 74.4 cm³/mol. The van der Waals surface area contributed by atoms with Crippen molar-refractivity contribution in [2.75, 3.05) is 11.1 Å². The Labute approximate surface area is 109 Å². The smallest absolute Gasteiger partial charge is 0.253 e. The van der Waals surface area contributed by atoms with Gasteiger partial charge in [0.2, 0.25) is 0 Å². The zero-order chi connectivity index (χ0) is 13.8. The third-order valence-electron chi connectivity index (χ3n) is 2.89. The molecule has 1 aromatic rings. The molecule has 1 aromatic carbocycles. The van der Waals surface area contributed by atoms with Crippen molar-refractivity contribution < 1.29 is 9.53 Å². The van der Waals surface area contributed by atoms with Crippen molar-refractivity contribution in [3.63, 3.8) is 0 Å². The van der Waals surface area contributed by atoms with Crippen molar-refractivity contribution in [3.05, 3.63) is 24.3 Å². The number of hydrogen-bond donors (Lipinski definition) is 2. The number of carbonyl (C=O) groups is 1. The summed E-state index contributed by atoms with van der Waals surface area (Å²) in [6.07, 6.45) is 0.365. The molecule has 0 saturated heterocycles. The monoisotopic (exact) mass is 250 g/mol. The van der Waals surface area contributed by atoms with Crippen LogP contribution in [-0.2, 0) is 9.53 Å². The van der Waals surface area contributed by atoms with E-state index in [1.54, 1.807) is 31.2 Å². The van der Waals surface area contributed by atoms with Crippen molar-refractivity contribution in [1.82, 2.24) is 0 Å². The molecule has 0 fully saturated rings. The summed E-state index contributed by atoms with van der Waals surface area (Å²) < 4.78 is 5.71. The van der Waals surface area contributed by atoms with Gasteiger partial charge < -0.3 is 15.8 Å². The van der Waals surface area contributed by atoms with Crippen LogP contribution in [0.15, 0.2) is 24.3 Å². The minimum atomic E-state index is -0.488. The van der Waals surface area contributed by atoms with E-state index in [-0.39, 0.29) is 11.5 Å². The topological polar surface area (TPSA) is 64.3 Å². The fourth-order valence-electron chi connectivity index (χ4n) is 1.43. The fraction of sp³-hybridized carbons (Fsp3) is 0.500. The van der Waals surface area contributed by atoms with Gasteiger partial charge in [0.05, 0.1) is 5.60 Å². The third-order valence-corrected chi connectivity index (χ3v) is 2.89. The number of nitrogen functional groups attached to an aromatic ring is 1. The van der Waals surface area contributed by atoms with Crippen LogP contribution in [0.1, 0.15) is 34.1 Å². The third kappa shape index (κ3) is 4.37. The second-order valence-corrected chi connectivity index (χ2v) is 4.98. The molecule has 1 atom stereocenters. The highest BCUT2D eigenvalue weighted by molar-refractivity contribution is 5.94. The van der Waals surface area contributed by atoms with Crippen LogP contribution in [0, 0.1) is 0 Å². The van der Waals surface area contributed by atoms with Gasteiger partial charge >= 0.3 is 0 Å². The van der Waals surface area contributed by atoms with Crippen molar-refractivity contribution in [3.8, 4) is 0 Å². The summed E-state index contributed by atoms with van der Waals surface area (Å²) in [5.74, 6) is -0.152. The van der Waals surface area contributed by atoms with E-state index in [0.717, 1.165) is 12.1 Å². The molecule has 0 aromatic heterocycles. The van der Waals surface area contributed by atoms with Crippen LogP contribution in [0.25, 0.3) is 0 Å². The Morgan fingerprint density at radius 1 is 1.39 bits per heavy atom. The van der Waals surface area contributed by atoms with Crippen LogP contribution in [-0.4, -0.2) is 17.6 Å². The molecular formula is C14H22N2O2. The molecule has 1 amide bonds. The Morgan fingerprint density at radius 2 is 1.94 bits per heavy atom. The molecule has 0 aliphatic rings. The van der Waals surface area contributed by atoms with Gasteiger partial charge in [0.15, 0.2) is 0 Å². The fourth-order valence-corrected chi connectivity index (χ4v) is 1.43. The maximum absolute atomic E-state index is 11.9. The molecule has 18 heavy (non-hydrogen) atoms. The number of anilines is 2. The van der Waals surface area contributed by atoms with Crippen LogP contribution >= 0.6 is 0 Å². The van der Waals surface area contributed by atoms with E-state index >= 15 is 0 Å². The maximum atomic E-state index is 11.9. The Balaban J connectivity index is 2.57. The average Bonchev–Trinajstić information content (AvgIpc) is 2.31. The Kier molecular flexibility index (Phi) is 4.73. The molecule has 1 rings (SSSR count).